The fourth-order valence-corrected chi connectivity index (χ4v) is 2.50. The van der Waals surface area contributed by atoms with E-state index in [2.05, 4.69) is 11.6 Å². The number of rotatable bonds is 6. The molecule has 0 amide bonds. The largest absolute Gasteiger partial charge is 0.479 e. The monoisotopic (exact) mass is 347 g/mol. The van der Waals surface area contributed by atoms with Gasteiger partial charge in [-0.05, 0) is 23.3 Å². The molecule has 0 fully saturated rings. The molecular weight excluding hydrogens is 333 g/mol. The van der Waals surface area contributed by atoms with Crippen molar-refractivity contribution in [2.75, 3.05) is 0 Å². The zero-order chi connectivity index (χ0) is 16.9. The third-order valence-corrected chi connectivity index (χ3v) is 4.16. The minimum atomic E-state index is -1.49. The highest BCUT2D eigenvalue weighted by Gasteiger charge is 2.39. The van der Waals surface area contributed by atoms with E-state index in [1.165, 1.54) is 12.1 Å². The molecule has 0 aromatic heterocycles. The van der Waals surface area contributed by atoms with Crippen LogP contribution in [0.2, 0.25) is 10.0 Å². The zero-order valence-corrected chi connectivity index (χ0v) is 13.8. The van der Waals surface area contributed by atoms with Crippen LogP contribution in [0, 0.1) is 0 Å². The maximum absolute atomic E-state index is 12.0. The molecule has 0 spiro atoms. The van der Waals surface area contributed by atoms with Crippen molar-refractivity contribution in [3.8, 4) is 0 Å². The summed E-state index contributed by atoms with van der Waals surface area (Å²) in [6.07, 6.45) is 3.20. The second-order valence-electron chi connectivity index (χ2n) is 4.96. The molecule has 0 aliphatic carbocycles. The highest BCUT2D eigenvalue weighted by molar-refractivity contribution is 6.42. The molecule has 0 saturated heterocycles. The third kappa shape index (κ3) is 3.81. The van der Waals surface area contributed by atoms with Gasteiger partial charge in [-0.2, -0.15) is 0 Å². The molecule has 118 valence electrons. The van der Waals surface area contributed by atoms with E-state index in [-0.39, 0.29) is 11.4 Å². The minimum Gasteiger partial charge on any atom is -0.479 e. The number of aliphatic imine (C=N–C) groups is 1. The summed E-state index contributed by atoms with van der Waals surface area (Å²) in [6, 6.07) is 14.0. The first kappa shape index (κ1) is 17.3. The first-order valence-corrected chi connectivity index (χ1v) is 7.65. The summed E-state index contributed by atoms with van der Waals surface area (Å²) in [5.74, 6) is -1.08. The number of benzene rings is 2. The average molecular weight is 348 g/mol. The van der Waals surface area contributed by atoms with Crippen molar-refractivity contribution in [2.24, 2.45) is 4.99 Å². The van der Waals surface area contributed by atoms with E-state index >= 15 is 0 Å². The van der Waals surface area contributed by atoms with Gasteiger partial charge in [0.05, 0.1) is 10.0 Å². The van der Waals surface area contributed by atoms with Crippen LogP contribution < -0.4 is 0 Å². The van der Waals surface area contributed by atoms with Crippen LogP contribution in [0.25, 0.3) is 0 Å². The van der Waals surface area contributed by atoms with Gasteiger partial charge < -0.3 is 5.11 Å². The van der Waals surface area contributed by atoms with Crippen LogP contribution in [0.4, 0.5) is 0 Å². The third-order valence-electron chi connectivity index (χ3n) is 3.42. The summed E-state index contributed by atoms with van der Waals surface area (Å²) >= 11 is 12.0. The lowest BCUT2D eigenvalue weighted by atomic mass is 9.87. The Bertz CT molecular complexity index is 744. The molecule has 23 heavy (non-hydrogen) atoms. The van der Waals surface area contributed by atoms with Gasteiger partial charge in [-0.1, -0.05) is 65.7 Å². The second kappa shape index (κ2) is 7.44. The molecule has 2 aromatic rings. The number of carboxylic acids is 1. The number of halogens is 2. The minimum absolute atomic E-state index is 0.129. The Morgan fingerprint density at radius 1 is 1.17 bits per heavy atom. The van der Waals surface area contributed by atoms with Crippen molar-refractivity contribution in [3.63, 3.8) is 0 Å². The fraction of sp³-hybridized carbons (Fsp3) is 0.111. The van der Waals surface area contributed by atoms with Crippen LogP contribution in [0.3, 0.4) is 0 Å². The molecule has 2 aromatic carbocycles. The zero-order valence-electron chi connectivity index (χ0n) is 12.2. The molecule has 0 heterocycles. The maximum atomic E-state index is 12.0. The van der Waals surface area contributed by atoms with Crippen LogP contribution in [-0.2, 0) is 10.3 Å². The predicted molar refractivity (Wildman–Crippen MR) is 94.6 cm³/mol. The van der Waals surface area contributed by atoms with Gasteiger partial charge in [-0.3, -0.25) is 4.99 Å². The van der Waals surface area contributed by atoms with Crippen molar-refractivity contribution < 1.29 is 9.90 Å². The summed E-state index contributed by atoms with van der Waals surface area (Å²) < 4.78 is 0. The molecule has 0 bridgehead atoms. The van der Waals surface area contributed by atoms with Gasteiger partial charge in [0.1, 0.15) is 0 Å². The Morgan fingerprint density at radius 2 is 1.87 bits per heavy atom. The van der Waals surface area contributed by atoms with Gasteiger partial charge in [0.2, 0.25) is 0 Å². The lowest BCUT2D eigenvalue weighted by Crippen LogP contribution is -2.33. The Morgan fingerprint density at radius 3 is 2.43 bits per heavy atom. The molecule has 3 nitrogen and oxygen atoms in total. The normalized spacial score (nSPS) is 13.7. The van der Waals surface area contributed by atoms with Gasteiger partial charge in [-0.25, -0.2) is 4.79 Å². The predicted octanol–water partition coefficient (Wildman–Crippen LogP) is 4.97. The summed E-state index contributed by atoms with van der Waals surface area (Å²) in [6.45, 7) is 3.65. The van der Waals surface area contributed by atoms with E-state index in [1.54, 1.807) is 18.3 Å². The number of nitrogens with zero attached hydrogens (tertiary/aromatic N) is 1. The SMILES string of the molecule is C=CCC(N=Cc1ccccc1)(C(=O)O)c1ccc(Cl)c(Cl)c1. The lowest BCUT2D eigenvalue weighted by molar-refractivity contribution is -0.143. The Hall–Kier alpha value is -2.10. The number of carbonyl (C=O) groups is 1. The van der Waals surface area contributed by atoms with E-state index < -0.39 is 11.5 Å². The number of aliphatic carboxylic acids is 1. The van der Waals surface area contributed by atoms with E-state index in [0.717, 1.165) is 5.56 Å². The number of hydrogen-bond donors (Lipinski definition) is 1. The molecule has 0 saturated carbocycles. The quantitative estimate of drug-likeness (QED) is 0.592. The summed E-state index contributed by atoms with van der Waals surface area (Å²) in [7, 11) is 0. The van der Waals surface area contributed by atoms with E-state index in [9.17, 15) is 9.90 Å². The maximum Gasteiger partial charge on any atom is 0.336 e. The van der Waals surface area contributed by atoms with Gasteiger partial charge >= 0.3 is 5.97 Å². The smallest absolute Gasteiger partial charge is 0.336 e. The first-order chi connectivity index (χ1) is 11.0. The van der Waals surface area contributed by atoms with Crippen molar-refractivity contribution >= 4 is 35.4 Å². The lowest BCUT2D eigenvalue weighted by Gasteiger charge is -2.25. The average Bonchev–Trinajstić information content (AvgIpc) is 2.55. The topological polar surface area (TPSA) is 49.7 Å². The van der Waals surface area contributed by atoms with Crippen LogP contribution >= 0.6 is 23.2 Å². The van der Waals surface area contributed by atoms with Gasteiger partial charge in [-0.15, -0.1) is 6.58 Å². The molecule has 1 atom stereocenters. The highest BCUT2D eigenvalue weighted by Crippen LogP contribution is 2.34. The molecule has 0 aliphatic heterocycles. The van der Waals surface area contributed by atoms with Crippen molar-refractivity contribution in [3.05, 3.63) is 82.4 Å². The van der Waals surface area contributed by atoms with Gasteiger partial charge in [0.25, 0.3) is 0 Å². The first-order valence-electron chi connectivity index (χ1n) is 6.89. The number of hydrogen-bond acceptors (Lipinski definition) is 2. The highest BCUT2D eigenvalue weighted by atomic mass is 35.5. The Kier molecular flexibility index (Phi) is 5.59. The summed E-state index contributed by atoms with van der Waals surface area (Å²) in [5, 5.41) is 10.5. The van der Waals surface area contributed by atoms with Crippen LogP contribution in [-0.4, -0.2) is 17.3 Å². The fourth-order valence-electron chi connectivity index (χ4n) is 2.20. The summed E-state index contributed by atoms with van der Waals surface area (Å²) in [4.78, 5) is 16.3. The molecule has 2 rings (SSSR count). The second-order valence-corrected chi connectivity index (χ2v) is 5.77. The molecule has 0 radical (unpaired) electrons. The molecule has 1 N–H and O–H groups in total. The molecule has 1 unspecified atom stereocenters. The summed E-state index contributed by atoms with van der Waals surface area (Å²) in [5.41, 5.74) is -0.236. The number of carboxylic acid groups (broad SMARTS) is 1. The van der Waals surface area contributed by atoms with Crippen molar-refractivity contribution in [1.82, 2.24) is 0 Å². The van der Waals surface area contributed by atoms with Crippen molar-refractivity contribution in [1.29, 1.82) is 0 Å². The van der Waals surface area contributed by atoms with Gasteiger partial charge in [0.15, 0.2) is 5.54 Å². The van der Waals surface area contributed by atoms with E-state index in [4.69, 9.17) is 23.2 Å². The standard InChI is InChI=1S/C18H15Cl2NO2/c1-2-10-18(17(22)23,14-8-9-15(19)16(20)11-14)21-12-13-6-4-3-5-7-13/h2-9,11-12H,1,10H2,(H,22,23). The van der Waals surface area contributed by atoms with Crippen LogP contribution in [0.15, 0.2) is 66.2 Å². The van der Waals surface area contributed by atoms with Gasteiger partial charge in [0, 0.05) is 12.6 Å². The molecule has 0 aliphatic rings. The Labute approximate surface area is 144 Å². The van der Waals surface area contributed by atoms with Crippen LogP contribution in [0.5, 0.6) is 0 Å². The van der Waals surface area contributed by atoms with Crippen molar-refractivity contribution in [2.45, 2.75) is 12.0 Å². The van der Waals surface area contributed by atoms with E-state index in [0.29, 0.717) is 10.6 Å². The molecular formula is C18H15Cl2NO2. The van der Waals surface area contributed by atoms with E-state index in [1.807, 2.05) is 30.3 Å². The molecule has 5 heteroatoms. The van der Waals surface area contributed by atoms with Crippen LogP contribution in [0.1, 0.15) is 17.5 Å². The Balaban J connectivity index is 2.55.